The number of Topliss-reactive ketones (excluding diaryl/α,β-unsaturated/α-hetero) is 1. The minimum absolute atomic E-state index is 0.0376. The molecule has 2 nitrogen and oxygen atoms in total. The Kier molecular flexibility index (Phi) is 4.54. The van der Waals surface area contributed by atoms with Crippen molar-refractivity contribution in [2.24, 2.45) is 11.7 Å². The molecule has 2 heteroatoms. The minimum atomic E-state index is 0.0376. The molecule has 1 aliphatic carbocycles. The number of aryl methyl sites for hydroxylation is 1. The number of ketones is 1. The van der Waals surface area contributed by atoms with Gasteiger partial charge in [0.15, 0.2) is 5.78 Å². The van der Waals surface area contributed by atoms with Crippen LogP contribution in [-0.2, 0) is 6.42 Å². The van der Waals surface area contributed by atoms with Crippen LogP contribution in [0.1, 0.15) is 54.9 Å². The molecule has 0 aliphatic heterocycles. The van der Waals surface area contributed by atoms with E-state index >= 15 is 0 Å². The second kappa shape index (κ2) is 6.14. The fourth-order valence-electron chi connectivity index (χ4n) is 2.87. The number of hydrogen-bond acceptors (Lipinski definition) is 2. The summed E-state index contributed by atoms with van der Waals surface area (Å²) in [6, 6.07) is 8.13. The second-order valence-corrected chi connectivity index (χ2v) is 5.37. The summed E-state index contributed by atoms with van der Waals surface area (Å²) < 4.78 is 0. The van der Waals surface area contributed by atoms with Crippen molar-refractivity contribution < 1.29 is 4.79 Å². The predicted octanol–water partition coefficient (Wildman–Crippen LogP) is 3.34. The first-order valence-electron chi connectivity index (χ1n) is 7.11. The Labute approximate surface area is 110 Å². The van der Waals surface area contributed by atoms with Crippen molar-refractivity contribution in [1.82, 2.24) is 0 Å². The molecule has 1 aromatic rings. The van der Waals surface area contributed by atoms with Gasteiger partial charge in [-0.2, -0.15) is 0 Å². The van der Waals surface area contributed by atoms with Crippen molar-refractivity contribution in [3.05, 3.63) is 35.4 Å². The zero-order chi connectivity index (χ0) is 13.0. The number of carbonyl (C=O) groups is 1. The Bertz CT molecular complexity index is 413. The molecule has 1 aliphatic rings. The standard InChI is InChI=1S/C16H23NO/c1-2-6-12-7-5-8-13(11-12)16(18)14-9-3-4-10-15(14)17/h5,7-8,11,14-15H,2-4,6,9-10,17H2,1H3. The van der Waals surface area contributed by atoms with Gasteiger partial charge in [-0.05, 0) is 30.9 Å². The van der Waals surface area contributed by atoms with Crippen LogP contribution < -0.4 is 5.73 Å². The van der Waals surface area contributed by atoms with Gasteiger partial charge in [0.05, 0.1) is 0 Å². The Morgan fingerprint density at radius 3 is 2.83 bits per heavy atom. The van der Waals surface area contributed by atoms with Crippen molar-refractivity contribution in [3.8, 4) is 0 Å². The summed E-state index contributed by atoms with van der Waals surface area (Å²) >= 11 is 0. The third-order valence-corrected chi connectivity index (χ3v) is 3.91. The lowest BCUT2D eigenvalue weighted by Crippen LogP contribution is -2.38. The van der Waals surface area contributed by atoms with Gasteiger partial charge >= 0.3 is 0 Å². The highest BCUT2D eigenvalue weighted by atomic mass is 16.1. The van der Waals surface area contributed by atoms with Gasteiger partial charge in [0.2, 0.25) is 0 Å². The summed E-state index contributed by atoms with van der Waals surface area (Å²) in [6.45, 7) is 2.16. The Morgan fingerprint density at radius 1 is 1.33 bits per heavy atom. The van der Waals surface area contributed by atoms with Crippen molar-refractivity contribution >= 4 is 5.78 Å². The SMILES string of the molecule is CCCc1cccc(C(=O)C2CCCCC2N)c1. The maximum atomic E-state index is 12.5. The zero-order valence-electron chi connectivity index (χ0n) is 11.2. The van der Waals surface area contributed by atoms with E-state index < -0.39 is 0 Å². The molecule has 98 valence electrons. The third kappa shape index (κ3) is 2.99. The lowest BCUT2D eigenvalue weighted by atomic mass is 9.80. The number of hydrogen-bond donors (Lipinski definition) is 1. The van der Waals surface area contributed by atoms with Crippen LogP contribution in [0, 0.1) is 5.92 Å². The minimum Gasteiger partial charge on any atom is -0.327 e. The fraction of sp³-hybridized carbons (Fsp3) is 0.562. The Morgan fingerprint density at radius 2 is 2.11 bits per heavy atom. The predicted molar refractivity (Wildman–Crippen MR) is 74.7 cm³/mol. The summed E-state index contributed by atoms with van der Waals surface area (Å²) in [5, 5.41) is 0. The van der Waals surface area contributed by atoms with E-state index in [0.29, 0.717) is 0 Å². The molecule has 18 heavy (non-hydrogen) atoms. The van der Waals surface area contributed by atoms with Crippen molar-refractivity contribution in [3.63, 3.8) is 0 Å². The van der Waals surface area contributed by atoms with Crippen LogP contribution in [-0.4, -0.2) is 11.8 Å². The molecule has 2 unspecified atom stereocenters. The van der Waals surface area contributed by atoms with Crippen LogP contribution in [0.5, 0.6) is 0 Å². The lowest BCUT2D eigenvalue weighted by molar-refractivity contribution is 0.0871. The zero-order valence-corrected chi connectivity index (χ0v) is 11.2. The van der Waals surface area contributed by atoms with Gasteiger partial charge < -0.3 is 5.73 Å². The van der Waals surface area contributed by atoms with E-state index in [0.717, 1.165) is 37.7 Å². The monoisotopic (exact) mass is 245 g/mol. The molecule has 1 aromatic carbocycles. The number of nitrogens with two attached hydrogens (primary N) is 1. The summed E-state index contributed by atoms with van der Waals surface area (Å²) in [4.78, 5) is 12.5. The maximum absolute atomic E-state index is 12.5. The van der Waals surface area contributed by atoms with Crippen LogP contribution in [0.2, 0.25) is 0 Å². The van der Waals surface area contributed by atoms with Gasteiger partial charge in [0.1, 0.15) is 0 Å². The van der Waals surface area contributed by atoms with Crippen molar-refractivity contribution in [2.45, 2.75) is 51.5 Å². The highest BCUT2D eigenvalue weighted by Crippen LogP contribution is 2.26. The fourth-order valence-corrected chi connectivity index (χ4v) is 2.87. The van der Waals surface area contributed by atoms with Gasteiger partial charge in [-0.25, -0.2) is 0 Å². The average Bonchev–Trinajstić information content (AvgIpc) is 2.39. The molecule has 0 spiro atoms. The van der Waals surface area contributed by atoms with Crippen LogP contribution in [0.3, 0.4) is 0 Å². The summed E-state index contributed by atoms with van der Waals surface area (Å²) in [7, 11) is 0. The van der Waals surface area contributed by atoms with Crippen molar-refractivity contribution in [1.29, 1.82) is 0 Å². The van der Waals surface area contributed by atoms with E-state index in [1.54, 1.807) is 0 Å². The van der Waals surface area contributed by atoms with E-state index in [9.17, 15) is 4.79 Å². The molecule has 1 saturated carbocycles. The first-order chi connectivity index (χ1) is 8.72. The van der Waals surface area contributed by atoms with Crippen LogP contribution in [0.15, 0.2) is 24.3 Å². The van der Waals surface area contributed by atoms with Gasteiger partial charge in [0.25, 0.3) is 0 Å². The molecule has 0 radical (unpaired) electrons. The van der Waals surface area contributed by atoms with E-state index in [1.807, 2.05) is 18.2 Å². The molecule has 2 atom stereocenters. The summed E-state index contributed by atoms with van der Waals surface area (Å²) in [6.07, 6.45) is 6.40. The van der Waals surface area contributed by atoms with E-state index in [1.165, 1.54) is 12.0 Å². The number of benzene rings is 1. The smallest absolute Gasteiger partial charge is 0.167 e. The molecule has 0 aromatic heterocycles. The molecule has 0 saturated heterocycles. The van der Waals surface area contributed by atoms with E-state index in [2.05, 4.69) is 13.0 Å². The number of rotatable bonds is 4. The Balaban J connectivity index is 2.14. The quantitative estimate of drug-likeness (QED) is 0.827. The molecule has 0 amide bonds. The summed E-state index contributed by atoms with van der Waals surface area (Å²) in [5.41, 5.74) is 8.20. The third-order valence-electron chi connectivity index (χ3n) is 3.91. The number of carbonyl (C=O) groups excluding carboxylic acids is 1. The molecule has 1 fully saturated rings. The summed E-state index contributed by atoms with van der Waals surface area (Å²) in [5.74, 6) is 0.288. The highest BCUT2D eigenvalue weighted by Gasteiger charge is 2.28. The first kappa shape index (κ1) is 13.3. The van der Waals surface area contributed by atoms with Crippen LogP contribution in [0.25, 0.3) is 0 Å². The molecule has 0 bridgehead atoms. The largest absolute Gasteiger partial charge is 0.327 e. The van der Waals surface area contributed by atoms with Crippen LogP contribution in [0.4, 0.5) is 0 Å². The average molecular weight is 245 g/mol. The normalized spacial score (nSPS) is 23.9. The van der Waals surface area contributed by atoms with E-state index in [-0.39, 0.29) is 17.7 Å². The van der Waals surface area contributed by atoms with Gasteiger partial charge in [-0.3, -0.25) is 4.79 Å². The molecule has 2 rings (SSSR count). The van der Waals surface area contributed by atoms with Gasteiger partial charge in [0, 0.05) is 17.5 Å². The van der Waals surface area contributed by atoms with E-state index in [4.69, 9.17) is 5.73 Å². The van der Waals surface area contributed by atoms with Gasteiger partial charge in [-0.15, -0.1) is 0 Å². The second-order valence-electron chi connectivity index (χ2n) is 5.37. The van der Waals surface area contributed by atoms with Crippen LogP contribution >= 0.6 is 0 Å². The molecular formula is C16H23NO. The molecule has 2 N–H and O–H groups in total. The van der Waals surface area contributed by atoms with Crippen molar-refractivity contribution in [2.75, 3.05) is 0 Å². The highest BCUT2D eigenvalue weighted by molar-refractivity contribution is 5.98. The first-order valence-corrected chi connectivity index (χ1v) is 7.11. The maximum Gasteiger partial charge on any atom is 0.167 e. The Hall–Kier alpha value is -1.15. The molecule has 0 heterocycles. The van der Waals surface area contributed by atoms with Gasteiger partial charge in [-0.1, -0.05) is 44.4 Å². The molecular weight excluding hydrogens is 222 g/mol. The topological polar surface area (TPSA) is 43.1 Å². The lowest BCUT2D eigenvalue weighted by Gasteiger charge is -2.27.